The lowest BCUT2D eigenvalue weighted by Crippen LogP contribution is -2.10. The molecular weight excluding hydrogens is 701 g/mol. The molecule has 0 aliphatic rings. The Morgan fingerprint density at radius 1 is 0.328 bits per heavy atom. The van der Waals surface area contributed by atoms with Crippen molar-refractivity contribution in [3.63, 3.8) is 0 Å². The molecule has 0 amide bonds. The molecule has 8 rings (SSSR count). The normalized spacial score (nSPS) is 11.6. The molecule has 8 aromatic carbocycles. The second kappa shape index (κ2) is 17.2. The fraction of sp³-hybridized carbons (Fsp3) is 0.0357. The fourth-order valence-electron chi connectivity index (χ4n) is 7.61. The van der Waals surface area contributed by atoms with Gasteiger partial charge in [0.2, 0.25) is 0 Å². The molecule has 2 heteroatoms. The summed E-state index contributed by atoms with van der Waals surface area (Å²) in [6, 6.07) is 61.0. The van der Waals surface area contributed by atoms with Gasteiger partial charge in [0.25, 0.3) is 0 Å². The van der Waals surface area contributed by atoms with Crippen LogP contribution in [0.1, 0.15) is 47.2 Å². The summed E-state index contributed by atoms with van der Waals surface area (Å²) >= 11 is 0. The SMILES string of the molecule is C=Cc1cc(N(c2ccc(/C=C/c3ccc(N(c4ccc(C=C)c(/C=C\C)c4)c4ccc5ccccc5c4)cc3)cc2)c2ccc3ccccc3c2)ccc1/C=C\C. The molecule has 0 atom stereocenters. The molecular formula is C56H46N2. The van der Waals surface area contributed by atoms with Crippen LogP contribution in [0.15, 0.2) is 195 Å². The van der Waals surface area contributed by atoms with Crippen molar-refractivity contribution in [3.05, 3.63) is 229 Å². The first-order chi connectivity index (χ1) is 28.5. The van der Waals surface area contributed by atoms with E-state index in [-0.39, 0.29) is 0 Å². The molecule has 0 fully saturated rings. The summed E-state index contributed by atoms with van der Waals surface area (Å²) in [5.74, 6) is 0. The van der Waals surface area contributed by atoms with E-state index in [1.54, 1.807) is 0 Å². The Bertz CT molecular complexity index is 2840. The van der Waals surface area contributed by atoms with Crippen LogP contribution < -0.4 is 9.80 Å². The molecule has 58 heavy (non-hydrogen) atoms. The first-order valence-electron chi connectivity index (χ1n) is 19.8. The van der Waals surface area contributed by atoms with E-state index in [4.69, 9.17) is 0 Å². The molecule has 280 valence electrons. The lowest BCUT2D eigenvalue weighted by atomic mass is 10.0. The number of hydrogen-bond acceptors (Lipinski definition) is 2. The van der Waals surface area contributed by atoms with Crippen molar-refractivity contribution in [2.24, 2.45) is 0 Å². The summed E-state index contributed by atoms with van der Waals surface area (Å²) in [4.78, 5) is 4.64. The monoisotopic (exact) mass is 746 g/mol. The van der Waals surface area contributed by atoms with Gasteiger partial charge in [-0.05, 0) is 142 Å². The van der Waals surface area contributed by atoms with Crippen molar-refractivity contribution in [1.29, 1.82) is 0 Å². The summed E-state index contributed by atoms with van der Waals surface area (Å²) in [6.45, 7) is 12.3. The molecule has 2 nitrogen and oxygen atoms in total. The minimum atomic E-state index is 1.08. The van der Waals surface area contributed by atoms with Crippen LogP contribution in [-0.2, 0) is 0 Å². The summed E-state index contributed by atoms with van der Waals surface area (Å²) in [7, 11) is 0. The average Bonchev–Trinajstić information content (AvgIpc) is 3.27. The predicted molar refractivity (Wildman–Crippen MR) is 256 cm³/mol. The molecule has 0 bridgehead atoms. The standard InChI is InChI=1S/C56H46N2/c1-5-13-45-26-34-53(37-44(45)8-4)57(55-35-27-46-15-9-11-17-49(46)39-55)51-29-21-41(22-30-51)19-20-42-23-31-52(32-24-42)58(54-33-25-43(7-3)48(38-54)14-6-2)56-36-28-47-16-10-12-18-50(47)40-56/h5-40H,3-4H2,1-2H3/b13-5-,14-6-,20-19+. The molecule has 0 aromatic heterocycles. The molecule has 0 spiro atoms. The molecule has 8 aromatic rings. The van der Waals surface area contributed by atoms with Crippen molar-refractivity contribution < 1.29 is 0 Å². The Morgan fingerprint density at radius 2 is 0.707 bits per heavy atom. The van der Waals surface area contributed by atoms with Gasteiger partial charge in [-0.15, -0.1) is 0 Å². The average molecular weight is 747 g/mol. The van der Waals surface area contributed by atoms with Gasteiger partial charge in [0.15, 0.2) is 0 Å². The van der Waals surface area contributed by atoms with Crippen LogP contribution in [0.5, 0.6) is 0 Å². The zero-order chi connectivity index (χ0) is 39.8. The fourth-order valence-corrected chi connectivity index (χ4v) is 7.61. The van der Waals surface area contributed by atoms with Gasteiger partial charge in [-0.2, -0.15) is 0 Å². The van der Waals surface area contributed by atoms with E-state index in [0.717, 1.165) is 67.5 Å². The maximum Gasteiger partial charge on any atom is 0.0468 e. The highest BCUT2D eigenvalue weighted by Crippen LogP contribution is 2.39. The summed E-state index contributed by atoms with van der Waals surface area (Å²) in [5, 5.41) is 4.85. The van der Waals surface area contributed by atoms with Crippen molar-refractivity contribution in [3.8, 4) is 0 Å². The minimum absolute atomic E-state index is 1.08. The highest BCUT2D eigenvalue weighted by Gasteiger charge is 2.16. The van der Waals surface area contributed by atoms with E-state index >= 15 is 0 Å². The van der Waals surface area contributed by atoms with Gasteiger partial charge in [0.1, 0.15) is 0 Å². The quantitative estimate of drug-likeness (QED) is 0.115. The molecule has 0 radical (unpaired) electrons. The van der Waals surface area contributed by atoms with E-state index in [2.05, 4.69) is 229 Å². The maximum absolute atomic E-state index is 4.12. The largest absolute Gasteiger partial charge is 0.310 e. The summed E-state index contributed by atoms with van der Waals surface area (Å²) in [5.41, 5.74) is 13.3. The van der Waals surface area contributed by atoms with Crippen molar-refractivity contribution >= 4 is 92.1 Å². The van der Waals surface area contributed by atoms with Crippen LogP contribution in [0.4, 0.5) is 34.1 Å². The van der Waals surface area contributed by atoms with Gasteiger partial charge >= 0.3 is 0 Å². The zero-order valence-electron chi connectivity index (χ0n) is 33.1. The van der Waals surface area contributed by atoms with Gasteiger partial charge < -0.3 is 9.80 Å². The van der Waals surface area contributed by atoms with Gasteiger partial charge in [-0.3, -0.25) is 0 Å². The number of hydrogen-bond donors (Lipinski definition) is 0. The molecule has 0 heterocycles. The Kier molecular flexibility index (Phi) is 11.1. The molecule has 0 unspecified atom stereocenters. The first-order valence-corrected chi connectivity index (χ1v) is 19.8. The highest BCUT2D eigenvalue weighted by atomic mass is 15.1. The van der Waals surface area contributed by atoms with E-state index in [1.165, 1.54) is 21.5 Å². The van der Waals surface area contributed by atoms with E-state index in [0.29, 0.717) is 0 Å². The van der Waals surface area contributed by atoms with Crippen LogP contribution in [0.3, 0.4) is 0 Å². The third kappa shape index (κ3) is 7.95. The predicted octanol–water partition coefficient (Wildman–Crippen LogP) is 16.5. The molecule has 0 aliphatic heterocycles. The lowest BCUT2D eigenvalue weighted by Gasteiger charge is -2.27. The van der Waals surface area contributed by atoms with Crippen LogP contribution in [0, 0.1) is 0 Å². The third-order valence-corrected chi connectivity index (χ3v) is 10.5. The van der Waals surface area contributed by atoms with E-state index < -0.39 is 0 Å². The first kappa shape index (κ1) is 37.5. The number of fused-ring (bicyclic) bond motifs is 2. The van der Waals surface area contributed by atoms with Crippen molar-refractivity contribution in [2.45, 2.75) is 13.8 Å². The minimum Gasteiger partial charge on any atom is -0.310 e. The lowest BCUT2D eigenvalue weighted by molar-refractivity contribution is 1.28. The van der Waals surface area contributed by atoms with Crippen LogP contribution in [0.2, 0.25) is 0 Å². The number of rotatable bonds is 12. The Labute approximate surface area is 343 Å². The summed E-state index contributed by atoms with van der Waals surface area (Å²) < 4.78 is 0. The van der Waals surface area contributed by atoms with Gasteiger partial charge in [0, 0.05) is 34.1 Å². The number of benzene rings is 8. The second-order valence-electron chi connectivity index (χ2n) is 14.3. The Hall–Kier alpha value is -7.42. The van der Waals surface area contributed by atoms with Crippen LogP contribution >= 0.6 is 0 Å². The maximum atomic E-state index is 4.12. The smallest absolute Gasteiger partial charge is 0.0468 e. The zero-order valence-corrected chi connectivity index (χ0v) is 33.1. The van der Waals surface area contributed by atoms with Gasteiger partial charge in [-0.1, -0.05) is 159 Å². The highest BCUT2D eigenvalue weighted by molar-refractivity contribution is 5.91. The number of nitrogens with zero attached hydrogens (tertiary/aromatic N) is 2. The van der Waals surface area contributed by atoms with Crippen LogP contribution in [-0.4, -0.2) is 0 Å². The third-order valence-electron chi connectivity index (χ3n) is 10.5. The van der Waals surface area contributed by atoms with Crippen LogP contribution in [0.25, 0.3) is 58.0 Å². The van der Waals surface area contributed by atoms with Gasteiger partial charge in [-0.25, -0.2) is 0 Å². The second-order valence-corrected chi connectivity index (χ2v) is 14.3. The van der Waals surface area contributed by atoms with E-state index in [9.17, 15) is 0 Å². The molecule has 0 saturated carbocycles. The summed E-state index contributed by atoms with van der Waals surface area (Å²) in [6.07, 6.45) is 16.6. The number of allylic oxidation sites excluding steroid dienone is 2. The Morgan fingerprint density at radius 3 is 1.17 bits per heavy atom. The van der Waals surface area contributed by atoms with Gasteiger partial charge in [0.05, 0.1) is 0 Å². The number of anilines is 6. The molecule has 0 aliphatic carbocycles. The van der Waals surface area contributed by atoms with E-state index in [1.807, 2.05) is 26.0 Å². The molecule has 0 saturated heterocycles. The topological polar surface area (TPSA) is 6.48 Å². The Balaban J connectivity index is 1.10. The van der Waals surface area contributed by atoms with Crippen molar-refractivity contribution in [1.82, 2.24) is 0 Å². The molecule has 0 N–H and O–H groups in total. The van der Waals surface area contributed by atoms with Crippen molar-refractivity contribution in [2.75, 3.05) is 9.80 Å².